The minimum absolute atomic E-state index is 0.210. The zero-order valence-corrected chi connectivity index (χ0v) is 23.2. The first kappa shape index (κ1) is 24.9. The maximum atomic E-state index is 3.36. The van der Waals surface area contributed by atoms with Crippen molar-refractivity contribution in [3.63, 3.8) is 0 Å². The van der Waals surface area contributed by atoms with Gasteiger partial charge in [-0.15, -0.1) is 47.5 Å². The predicted molar refractivity (Wildman–Crippen MR) is 132 cm³/mol. The molecule has 1 aliphatic carbocycles. The van der Waals surface area contributed by atoms with E-state index in [1.165, 1.54) is 49.7 Å². The summed E-state index contributed by atoms with van der Waals surface area (Å²) in [6.45, 7) is 17.6. The van der Waals surface area contributed by atoms with Gasteiger partial charge < -0.3 is 0 Å². The molecule has 0 N–H and O–H groups in total. The average molecular weight is 490 g/mol. The molecule has 154 valence electrons. The van der Waals surface area contributed by atoms with Crippen LogP contribution in [-0.4, -0.2) is 5.43 Å². The molecule has 3 aromatic carbocycles. The van der Waals surface area contributed by atoms with Crippen molar-refractivity contribution in [3.8, 4) is 11.1 Å². The van der Waals surface area contributed by atoms with Crippen molar-refractivity contribution in [2.24, 2.45) is 5.92 Å². The minimum atomic E-state index is 0.210. The van der Waals surface area contributed by atoms with Crippen LogP contribution in [0.15, 0.2) is 71.3 Å². The van der Waals surface area contributed by atoms with E-state index in [1.54, 1.807) is 23.3 Å². The van der Waals surface area contributed by atoms with Crippen LogP contribution in [-0.2, 0) is 23.3 Å². The van der Waals surface area contributed by atoms with E-state index in [2.05, 4.69) is 115 Å². The molecule has 0 heterocycles. The van der Waals surface area contributed by atoms with Gasteiger partial charge in [-0.2, -0.15) is 11.1 Å². The summed E-state index contributed by atoms with van der Waals surface area (Å²) in [6, 6.07) is 19.6. The predicted octanol–water partition coefficient (Wildman–Crippen LogP) is 8.35. The van der Waals surface area contributed by atoms with Crippen LogP contribution in [0.3, 0.4) is 0 Å². The molecule has 4 rings (SSSR count). The van der Waals surface area contributed by atoms with Crippen LogP contribution in [0.4, 0.5) is 0 Å². The van der Waals surface area contributed by atoms with E-state index < -0.39 is 0 Å². The standard InChI is InChI=1S/C17H15.C9H13.C2H6Si.Zr/c1-12-10-15-8-9-16(17(15)11-13(12)2)14-6-4-3-5-7-14;1-6-5-7(2)9(4)8(6)3;1-3-2;/h3-11H,1-2H3;6H,1-4H3;1-2H3;/q2*-1;;+2. The van der Waals surface area contributed by atoms with Crippen LogP contribution in [0.5, 0.6) is 0 Å². The molecule has 1 aliphatic rings. The van der Waals surface area contributed by atoms with E-state index in [1.807, 2.05) is 0 Å². The van der Waals surface area contributed by atoms with Crippen molar-refractivity contribution < 1.29 is 23.3 Å². The Morgan fingerprint density at radius 2 is 1.50 bits per heavy atom. The summed E-state index contributed by atoms with van der Waals surface area (Å²) in [5, 5.41) is 2.70. The largest absolute Gasteiger partial charge is 0.149 e. The Balaban J connectivity index is 0.000000207. The van der Waals surface area contributed by atoms with E-state index in [0.29, 0.717) is 5.92 Å². The van der Waals surface area contributed by atoms with Crippen LogP contribution in [0.1, 0.15) is 38.8 Å². The molecule has 0 bridgehead atoms. The molecule has 0 aliphatic heterocycles. The molecule has 0 saturated heterocycles. The number of benzene rings is 2. The fourth-order valence-corrected chi connectivity index (χ4v) is 3.50. The molecule has 1 unspecified atom stereocenters. The summed E-state index contributed by atoms with van der Waals surface area (Å²) in [7, 11) is 0. The molecular formula is C28H34SiZr. The number of hydrogen-bond acceptors (Lipinski definition) is 0. The van der Waals surface area contributed by atoms with Crippen LogP contribution in [0.25, 0.3) is 21.9 Å². The summed E-state index contributed by atoms with van der Waals surface area (Å²) in [5.74, 6) is 0.560. The SMILES string of the molecule is CC1=[C-]C(C)C(C)=C1C.C[Si](C)=[Zr+2].Cc1cc2[cH-]cc(-c3ccccc3)c2cc1C. The van der Waals surface area contributed by atoms with Gasteiger partial charge in [-0.25, -0.2) is 5.57 Å². The first-order valence-corrected chi connectivity index (χ1v) is 16.8. The van der Waals surface area contributed by atoms with Crippen LogP contribution < -0.4 is 0 Å². The molecule has 2 heteroatoms. The minimum Gasteiger partial charge on any atom is -0.149 e. The zero-order chi connectivity index (χ0) is 22.4. The third kappa shape index (κ3) is 6.56. The number of aryl methyl sites for hydroxylation is 2. The Labute approximate surface area is 198 Å². The van der Waals surface area contributed by atoms with Gasteiger partial charge in [0.25, 0.3) is 0 Å². The summed E-state index contributed by atoms with van der Waals surface area (Å²) >= 11 is 1.74. The molecule has 3 aromatic rings. The molecule has 1 atom stereocenters. The topological polar surface area (TPSA) is 0 Å². The maximum Gasteiger partial charge on any atom is -0.0411 e. The molecule has 30 heavy (non-hydrogen) atoms. The second-order valence-electron chi connectivity index (χ2n) is 8.44. The van der Waals surface area contributed by atoms with Crippen molar-refractivity contribution in [2.75, 3.05) is 0 Å². The number of fused-ring (bicyclic) bond motifs is 1. The van der Waals surface area contributed by atoms with Crippen molar-refractivity contribution >= 4 is 16.2 Å². The van der Waals surface area contributed by atoms with Gasteiger partial charge in [0.15, 0.2) is 0 Å². The molecule has 0 spiro atoms. The van der Waals surface area contributed by atoms with Gasteiger partial charge in [0.1, 0.15) is 0 Å². The van der Waals surface area contributed by atoms with E-state index >= 15 is 0 Å². The smallest absolute Gasteiger partial charge is 0.0411 e. The van der Waals surface area contributed by atoms with E-state index in [0.717, 1.165) is 0 Å². The van der Waals surface area contributed by atoms with Crippen molar-refractivity contribution in [1.82, 2.24) is 0 Å². The molecular weight excluding hydrogens is 456 g/mol. The first-order chi connectivity index (χ1) is 14.1. The van der Waals surface area contributed by atoms with Gasteiger partial charge in [-0.1, -0.05) is 73.7 Å². The first-order valence-electron chi connectivity index (χ1n) is 10.6. The van der Waals surface area contributed by atoms with Gasteiger partial charge in [0, 0.05) is 0 Å². The monoisotopic (exact) mass is 488 g/mol. The normalized spacial score (nSPS) is 15.3. The third-order valence-corrected chi connectivity index (χ3v) is 5.71. The van der Waals surface area contributed by atoms with E-state index in [-0.39, 0.29) is 5.43 Å². The second kappa shape index (κ2) is 11.3. The Bertz CT molecular complexity index is 1080. The Morgan fingerprint density at radius 1 is 0.933 bits per heavy atom. The summed E-state index contributed by atoms with van der Waals surface area (Å²) in [6.07, 6.45) is 3.36. The third-order valence-electron chi connectivity index (χ3n) is 5.71. The Kier molecular flexibility index (Phi) is 9.38. The van der Waals surface area contributed by atoms with E-state index in [9.17, 15) is 0 Å². The molecule has 0 fully saturated rings. The molecule has 0 saturated carbocycles. The van der Waals surface area contributed by atoms with Gasteiger partial charge in [0.05, 0.1) is 0 Å². The fraction of sp³-hybridized carbons (Fsp3) is 0.321. The van der Waals surface area contributed by atoms with Crippen LogP contribution in [0.2, 0.25) is 13.1 Å². The number of rotatable bonds is 1. The van der Waals surface area contributed by atoms with Crippen molar-refractivity contribution in [3.05, 3.63) is 88.5 Å². The Morgan fingerprint density at radius 3 is 1.97 bits per heavy atom. The fourth-order valence-electron chi connectivity index (χ4n) is 3.50. The van der Waals surface area contributed by atoms with Gasteiger partial charge in [-0.3, -0.25) is 6.08 Å². The van der Waals surface area contributed by atoms with Gasteiger partial charge in [-0.05, 0) is 13.8 Å². The van der Waals surface area contributed by atoms with E-state index in [4.69, 9.17) is 0 Å². The molecule has 0 radical (unpaired) electrons. The maximum absolute atomic E-state index is 3.36. The zero-order valence-electron chi connectivity index (χ0n) is 19.8. The summed E-state index contributed by atoms with van der Waals surface area (Å²) in [5.41, 5.74) is 9.82. The quantitative estimate of drug-likeness (QED) is 0.238. The van der Waals surface area contributed by atoms with Gasteiger partial charge >= 0.3 is 41.9 Å². The second-order valence-corrected chi connectivity index (χ2v) is 17.8. The van der Waals surface area contributed by atoms with Crippen LogP contribution >= 0.6 is 0 Å². The average Bonchev–Trinajstić information content (AvgIpc) is 3.19. The molecule has 0 amide bonds. The van der Waals surface area contributed by atoms with Crippen LogP contribution in [0, 0.1) is 25.8 Å². The molecule has 0 aromatic heterocycles. The number of allylic oxidation sites excluding steroid dienone is 4. The van der Waals surface area contributed by atoms with Crippen molar-refractivity contribution in [2.45, 2.75) is 54.6 Å². The summed E-state index contributed by atoms with van der Waals surface area (Å²) in [4.78, 5) is 0. The summed E-state index contributed by atoms with van der Waals surface area (Å²) < 4.78 is 0. The molecule has 0 nitrogen and oxygen atoms in total. The van der Waals surface area contributed by atoms with Gasteiger partial charge in [0.2, 0.25) is 0 Å². The Hall–Kier alpha value is -1.37. The number of hydrogen-bond donors (Lipinski definition) is 0. The van der Waals surface area contributed by atoms with Crippen molar-refractivity contribution in [1.29, 1.82) is 0 Å².